The van der Waals surface area contributed by atoms with Crippen molar-refractivity contribution < 1.29 is 14.7 Å². The Labute approximate surface area is 150 Å². The molecule has 1 fully saturated rings. The van der Waals surface area contributed by atoms with Crippen LogP contribution in [0, 0.1) is 0 Å². The number of hydrogen-bond acceptors (Lipinski definition) is 4. The third kappa shape index (κ3) is 5.28. The van der Waals surface area contributed by atoms with Gasteiger partial charge in [0.25, 0.3) is 0 Å². The van der Waals surface area contributed by atoms with E-state index in [0.717, 1.165) is 31.4 Å². The van der Waals surface area contributed by atoms with E-state index in [1.165, 1.54) is 0 Å². The minimum absolute atomic E-state index is 0.0446. The van der Waals surface area contributed by atoms with Crippen molar-refractivity contribution in [2.75, 3.05) is 40.8 Å². The molecule has 0 radical (unpaired) electrons. The van der Waals surface area contributed by atoms with Gasteiger partial charge in [0.1, 0.15) is 6.04 Å². The molecule has 0 saturated carbocycles. The van der Waals surface area contributed by atoms with Crippen molar-refractivity contribution in [1.82, 2.24) is 14.7 Å². The minimum atomic E-state index is -0.809. The zero-order chi connectivity index (χ0) is 18.4. The largest absolute Gasteiger partial charge is 0.480 e. The maximum Gasteiger partial charge on any atom is 0.317 e. The van der Waals surface area contributed by atoms with Crippen molar-refractivity contribution in [1.29, 1.82) is 0 Å². The molecule has 25 heavy (non-hydrogen) atoms. The molecule has 0 aromatic heterocycles. The van der Waals surface area contributed by atoms with E-state index in [9.17, 15) is 9.59 Å². The summed E-state index contributed by atoms with van der Waals surface area (Å²) >= 11 is 0. The van der Waals surface area contributed by atoms with Crippen molar-refractivity contribution in [3.63, 3.8) is 0 Å². The van der Waals surface area contributed by atoms with Crippen LogP contribution in [0.25, 0.3) is 0 Å². The van der Waals surface area contributed by atoms with Gasteiger partial charge in [-0.2, -0.15) is 0 Å². The lowest BCUT2D eigenvalue weighted by Gasteiger charge is -2.30. The summed E-state index contributed by atoms with van der Waals surface area (Å²) in [6, 6.07) is 9.78. The van der Waals surface area contributed by atoms with Crippen LogP contribution in [0.2, 0.25) is 0 Å². The topological polar surface area (TPSA) is 64.1 Å². The van der Waals surface area contributed by atoms with Crippen molar-refractivity contribution in [3.8, 4) is 0 Å². The summed E-state index contributed by atoms with van der Waals surface area (Å²) in [4.78, 5) is 29.8. The molecule has 1 aromatic carbocycles. The highest BCUT2D eigenvalue weighted by molar-refractivity contribution is 5.83. The summed E-state index contributed by atoms with van der Waals surface area (Å²) in [5, 5.41) is 8.97. The predicted molar refractivity (Wildman–Crippen MR) is 97.4 cm³/mol. The summed E-state index contributed by atoms with van der Waals surface area (Å²) in [5.41, 5.74) is 1.00. The molecule has 2 atom stereocenters. The quantitative estimate of drug-likeness (QED) is 0.848. The molecular formula is C19H29N3O3. The van der Waals surface area contributed by atoms with E-state index in [-0.39, 0.29) is 24.5 Å². The molecular weight excluding hydrogens is 318 g/mol. The number of carboxylic acids is 1. The number of likely N-dealkylation sites (N-methyl/N-ethyl adjacent to an activating group) is 2. The molecule has 2 rings (SSSR count). The van der Waals surface area contributed by atoms with E-state index in [4.69, 9.17) is 5.11 Å². The van der Waals surface area contributed by atoms with Crippen molar-refractivity contribution in [3.05, 3.63) is 35.9 Å². The van der Waals surface area contributed by atoms with E-state index in [2.05, 4.69) is 0 Å². The lowest BCUT2D eigenvalue weighted by Crippen LogP contribution is -2.42. The highest BCUT2D eigenvalue weighted by atomic mass is 16.4. The molecule has 6 heteroatoms. The van der Waals surface area contributed by atoms with Gasteiger partial charge in [0, 0.05) is 19.1 Å². The average Bonchev–Trinajstić information content (AvgIpc) is 2.81. The zero-order valence-corrected chi connectivity index (χ0v) is 15.4. The lowest BCUT2D eigenvalue weighted by molar-refractivity contribution is -0.139. The number of aliphatic carboxylic acids is 1. The molecule has 138 valence electrons. The monoisotopic (exact) mass is 347 g/mol. The highest BCUT2D eigenvalue weighted by Crippen LogP contribution is 2.23. The van der Waals surface area contributed by atoms with Gasteiger partial charge in [-0.1, -0.05) is 30.3 Å². The van der Waals surface area contributed by atoms with Gasteiger partial charge < -0.3 is 10.0 Å². The van der Waals surface area contributed by atoms with E-state index < -0.39 is 5.97 Å². The van der Waals surface area contributed by atoms with Crippen molar-refractivity contribution in [2.45, 2.75) is 31.3 Å². The number of benzene rings is 1. The van der Waals surface area contributed by atoms with Crippen LogP contribution < -0.4 is 0 Å². The molecule has 1 saturated heterocycles. The Hall–Kier alpha value is -1.92. The molecule has 0 aliphatic carbocycles. The van der Waals surface area contributed by atoms with Crippen LogP contribution in [-0.2, 0) is 9.59 Å². The first-order chi connectivity index (χ1) is 11.9. The van der Waals surface area contributed by atoms with Gasteiger partial charge in [-0.15, -0.1) is 0 Å². The van der Waals surface area contributed by atoms with Gasteiger partial charge in [-0.05, 0) is 46.0 Å². The molecule has 0 spiro atoms. The van der Waals surface area contributed by atoms with Crippen LogP contribution in [0.3, 0.4) is 0 Å². The number of nitrogens with zero attached hydrogens (tertiary/aromatic N) is 3. The van der Waals surface area contributed by atoms with Crippen molar-refractivity contribution >= 4 is 11.9 Å². The second-order valence-electron chi connectivity index (χ2n) is 7.00. The fourth-order valence-corrected chi connectivity index (χ4v) is 3.55. The maximum atomic E-state index is 13.1. The SMILES string of the molecule is CN(C)C(C(=O)N1CCCC(N(C)CC(=O)O)CC1)c1ccccc1. The zero-order valence-electron chi connectivity index (χ0n) is 15.4. The summed E-state index contributed by atoms with van der Waals surface area (Å²) in [6.45, 7) is 1.45. The van der Waals surface area contributed by atoms with Gasteiger partial charge >= 0.3 is 5.97 Å². The van der Waals surface area contributed by atoms with E-state index in [1.807, 2.05) is 66.2 Å². The van der Waals surface area contributed by atoms with Gasteiger partial charge in [0.2, 0.25) is 5.91 Å². The van der Waals surface area contributed by atoms with Crippen LogP contribution in [0.1, 0.15) is 30.9 Å². The first-order valence-electron chi connectivity index (χ1n) is 8.82. The summed E-state index contributed by atoms with van der Waals surface area (Å²) < 4.78 is 0. The minimum Gasteiger partial charge on any atom is -0.480 e. The van der Waals surface area contributed by atoms with E-state index in [1.54, 1.807) is 0 Å². The standard InChI is InChI=1S/C19H29N3O3/c1-20(2)18(15-8-5-4-6-9-15)19(25)22-12-7-10-16(11-13-22)21(3)14-17(23)24/h4-6,8-9,16,18H,7,10-14H2,1-3H3,(H,23,24). The molecule has 2 unspecified atom stereocenters. The second kappa shape index (κ2) is 8.97. The highest BCUT2D eigenvalue weighted by Gasteiger charge is 2.30. The second-order valence-corrected chi connectivity index (χ2v) is 7.00. The number of likely N-dealkylation sites (tertiary alicyclic amines) is 1. The maximum absolute atomic E-state index is 13.1. The Morgan fingerprint density at radius 1 is 1.16 bits per heavy atom. The number of hydrogen-bond donors (Lipinski definition) is 1. The molecule has 1 amide bonds. The smallest absolute Gasteiger partial charge is 0.317 e. The molecule has 1 aliphatic rings. The molecule has 1 aliphatic heterocycles. The summed E-state index contributed by atoms with van der Waals surface area (Å²) in [6.07, 6.45) is 2.63. The molecule has 1 heterocycles. The Kier molecular flexibility index (Phi) is 6.96. The number of rotatable bonds is 6. The fraction of sp³-hybridized carbons (Fsp3) is 0.579. The van der Waals surface area contributed by atoms with Gasteiger partial charge in [-0.25, -0.2) is 0 Å². The number of carbonyl (C=O) groups excluding carboxylic acids is 1. The van der Waals surface area contributed by atoms with Gasteiger partial charge in [-0.3, -0.25) is 19.4 Å². The number of carbonyl (C=O) groups is 2. The normalized spacial score (nSPS) is 19.7. The summed E-state index contributed by atoms with van der Waals surface area (Å²) in [5.74, 6) is -0.686. The fourth-order valence-electron chi connectivity index (χ4n) is 3.55. The Balaban J connectivity index is 2.05. The Morgan fingerprint density at radius 2 is 1.84 bits per heavy atom. The molecule has 1 N–H and O–H groups in total. The third-order valence-corrected chi connectivity index (χ3v) is 4.88. The Bertz CT molecular complexity index is 577. The van der Waals surface area contributed by atoms with Crippen LogP contribution in [0.4, 0.5) is 0 Å². The van der Waals surface area contributed by atoms with Crippen LogP contribution in [0.5, 0.6) is 0 Å². The van der Waals surface area contributed by atoms with Crippen molar-refractivity contribution in [2.24, 2.45) is 0 Å². The van der Waals surface area contributed by atoms with Gasteiger partial charge in [0.05, 0.1) is 6.54 Å². The predicted octanol–water partition coefficient (Wildman–Crippen LogP) is 1.69. The van der Waals surface area contributed by atoms with Gasteiger partial charge in [0.15, 0.2) is 0 Å². The number of carboxylic acid groups (broad SMARTS) is 1. The summed E-state index contributed by atoms with van der Waals surface area (Å²) in [7, 11) is 5.70. The molecule has 6 nitrogen and oxygen atoms in total. The first-order valence-corrected chi connectivity index (χ1v) is 8.82. The molecule has 0 bridgehead atoms. The lowest BCUT2D eigenvalue weighted by atomic mass is 10.0. The van der Waals surface area contributed by atoms with E-state index in [0.29, 0.717) is 6.54 Å². The van der Waals surface area contributed by atoms with E-state index >= 15 is 0 Å². The van der Waals surface area contributed by atoms with Crippen LogP contribution in [-0.4, -0.2) is 78.5 Å². The molecule has 1 aromatic rings. The average molecular weight is 347 g/mol. The first kappa shape index (κ1) is 19.4. The third-order valence-electron chi connectivity index (χ3n) is 4.88. The van der Waals surface area contributed by atoms with Crippen LogP contribution in [0.15, 0.2) is 30.3 Å². The van der Waals surface area contributed by atoms with Crippen LogP contribution >= 0.6 is 0 Å². The Morgan fingerprint density at radius 3 is 2.44 bits per heavy atom. The number of amides is 1.